The van der Waals surface area contributed by atoms with Crippen LogP contribution in [0, 0.1) is 25.2 Å². The van der Waals surface area contributed by atoms with Gasteiger partial charge in [0.2, 0.25) is 0 Å². The molecule has 4 heteroatoms. The lowest BCUT2D eigenvalue weighted by molar-refractivity contribution is -0.162. The van der Waals surface area contributed by atoms with Crippen molar-refractivity contribution in [3.05, 3.63) is 28.8 Å². The molecule has 1 rings (SSSR count). The Bertz CT molecular complexity index is 527. The zero-order valence-corrected chi connectivity index (χ0v) is 12.9. The average molecular weight is 275 g/mol. The molecular formula is C16H21NO3. The molecule has 0 saturated heterocycles. The number of nitriles is 1. The second-order valence-electron chi connectivity index (χ2n) is 5.84. The smallest absolute Gasteiger partial charge is 0.347 e. The highest BCUT2D eigenvalue weighted by Crippen LogP contribution is 2.26. The normalized spacial score (nSPS) is 12.4. The molecule has 4 nitrogen and oxygen atoms in total. The van der Waals surface area contributed by atoms with Crippen LogP contribution in [-0.2, 0) is 9.53 Å². The first kappa shape index (κ1) is 16.0. The second-order valence-corrected chi connectivity index (χ2v) is 5.84. The number of rotatable bonds is 3. The average Bonchev–Trinajstić information content (AvgIpc) is 2.30. The van der Waals surface area contributed by atoms with Gasteiger partial charge in [-0.05, 0) is 64.8 Å². The van der Waals surface area contributed by atoms with Gasteiger partial charge in [0.05, 0.1) is 11.6 Å². The number of aryl methyl sites for hydroxylation is 2. The topological polar surface area (TPSA) is 59.3 Å². The summed E-state index contributed by atoms with van der Waals surface area (Å²) in [6, 6.07) is 5.58. The lowest BCUT2D eigenvalue weighted by atomic mass is 10.1. The molecule has 0 heterocycles. The van der Waals surface area contributed by atoms with Crippen molar-refractivity contribution in [2.75, 3.05) is 0 Å². The number of hydrogen-bond acceptors (Lipinski definition) is 4. The zero-order chi connectivity index (χ0) is 15.5. The fraction of sp³-hybridized carbons (Fsp3) is 0.500. The van der Waals surface area contributed by atoms with Crippen molar-refractivity contribution in [1.82, 2.24) is 0 Å². The lowest BCUT2D eigenvalue weighted by Crippen LogP contribution is -2.33. The van der Waals surface area contributed by atoms with E-state index in [1.807, 2.05) is 34.6 Å². The van der Waals surface area contributed by atoms with Crippen molar-refractivity contribution in [1.29, 1.82) is 5.26 Å². The van der Waals surface area contributed by atoms with Crippen LogP contribution in [0.25, 0.3) is 0 Å². The molecule has 0 bridgehead atoms. The van der Waals surface area contributed by atoms with Crippen molar-refractivity contribution in [3.8, 4) is 11.8 Å². The van der Waals surface area contributed by atoms with E-state index in [0.29, 0.717) is 11.3 Å². The minimum absolute atomic E-state index is 0.402. The third kappa shape index (κ3) is 4.27. The molecule has 0 radical (unpaired) electrons. The predicted molar refractivity (Wildman–Crippen MR) is 76.6 cm³/mol. The second kappa shape index (κ2) is 5.96. The molecule has 0 aliphatic rings. The molecule has 0 amide bonds. The highest BCUT2D eigenvalue weighted by Gasteiger charge is 2.24. The maximum atomic E-state index is 11.9. The van der Waals surface area contributed by atoms with Crippen LogP contribution in [0.2, 0.25) is 0 Å². The summed E-state index contributed by atoms with van der Waals surface area (Å²) in [6.45, 7) is 10.8. The van der Waals surface area contributed by atoms with Gasteiger partial charge in [0.15, 0.2) is 6.10 Å². The summed E-state index contributed by atoms with van der Waals surface area (Å²) >= 11 is 0. The van der Waals surface area contributed by atoms with E-state index >= 15 is 0 Å². The standard InChI is InChI=1S/C16H21NO3/c1-10-7-13(9-17)8-11(2)14(10)19-12(3)15(18)20-16(4,5)6/h7-8,12H,1-6H3. The molecule has 0 aliphatic carbocycles. The number of hydrogen-bond donors (Lipinski definition) is 0. The van der Waals surface area contributed by atoms with E-state index < -0.39 is 17.7 Å². The Balaban J connectivity index is 2.89. The van der Waals surface area contributed by atoms with Crippen molar-refractivity contribution >= 4 is 5.97 Å². The Hall–Kier alpha value is -2.02. The van der Waals surface area contributed by atoms with Gasteiger partial charge < -0.3 is 9.47 Å². The Kier molecular flexibility index (Phi) is 4.78. The van der Waals surface area contributed by atoms with Gasteiger partial charge in [-0.3, -0.25) is 0 Å². The third-order valence-corrected chi connectivity index (χ3v) is 2.62. The quantitative estimate of drug-likeness (QED) is 0.794. The van der Waals surface area contributed by atoms with E-state index in [9.17, 15) is 4.79 Å². The number of ether oxygens (including phenoxy) is 2. The zero-order valence-electron chi connectivity index (χ0n) is 12.9. The highest BCUT2D eigenvalue weighted by atomic mass is 16.6. The first-order chi connectivity index (χ1) is 9.14. The molecule has 1 aromatic rings. The van der Waals surface area contributed by atoms with Crippen LogP contribution >= 0.6 is 0 Å². The van der Waals surface area contributed by atoms with Crippen molar-refractivity contribution in [2.45, 2.75) is 53.2 Å². The molecule has 0 saturated carbocycles. The first-order valence-corrected chi connectivity index (χ1v) is 6.55. The van der Waals surface area contributed by atoms with Crippen LogP contribution < -0.4 is 4.74 Å². The molecular weight excluding hydrogens is 254 g/mol. The third-order valence-electron chi connectivity index (χ3n) is 2.62. The summed E-state index contributed by atoms with van der Waals surface area (Å²) in [7, 11) is 0. The molecule has 0 aromatic heterocycles. The fourth-order valence-electron chi connectivity index (χ4n) is 1.81. The molecule has 0 fully saturated rings. The molecule has 0 aliphatic heterocycles. The van der Waals surface area contributed by atoms with Gasteiger partial charge in [-0.25, -0.2) is 4.79 Å². The molecule has 1 atom stereocenters. The molecule has 1 unspecified atom stereocenters. The van der Waals surface area contributed by atoms with Crippen molar-refractivity contribution in [2.24, 2.45) is 0 Å². The van der Waals surface area contributed by atoms with Crippen molar-refractivity contribution < 1.29 is 14.3 Å². The van der Waals surface area contributed by atoms with Crippen molar-refractivity contribution in [3.63, 3.8) is 0 Å². The van der Waals surface area contributed by atoms with E-state index in [2.05, 4.69) is 6.07 Å². The van der Waals surface area contributed by atoms with Gasteiger partial charge >= 0.3 is 5.97 Å². The van der Waals surface area contributed by atoms with Gasteiger partial charge in [0, 0.05) is 0 Å². The Morgan fingerprint density at radius 3 is 2.15 bits per heavy atom. The summed E-state index contributed by atoms with van der Waals surface area (Å²) in [5, 5.41) is 8.91. The summed E-state index contributed by atoms with van der Waals surface area (Å²) in [5.41, 5.74) is 1.70. The van der Waals surface area contributed by atoms with Crippen LogP contribution in [0.4, 0.5) is 0 Å². The van der Waals surface area contributed by atoms with Gasteiger partial charge in [-0.2, -0.15) is 5.26 Å². The van der Waals surface area contributed by atoms with Gasteiger partial charge in [-0.15, -0.1) is 0 Å². The van der Waals surface area contributed by atoms with E-state index in [1.165, 1.54) is 0 Å². The van der Waals surface area contributed by atoms with Crippen LogP contribution in [0.15, 0.2) is 12.1 Å². The SMILES string of the molecule is Cc1cc(C#N)cc(C)c1OC(C)C(=O)OC(C)(C)C. The number of benzene rings is 1. The summed E-state index contributed by atoms with van der Waals surface area (Å²) < 4.78 is 11.0. The van der Waals surface area contributed by atoms with E-state index in [1.54, 1.807) is 19.1 Å². The Labute approximate surface area is 120 Å². The summed E-state index contributed by atoms with van der Waals surface area (Å²) in [5.74, 6) is 0.225. The molecule has 20 heavy (non-hydrogen) atoms. The minimum Gasteiger partial charge on any atom is -0.478 e. The lowest BCUT2D eigenvalue weighted by Gasteiger charge is -2.23. The van der Waals surface area contributed by atoms with E-state index in [-0.39, 0.29) is 0 Å². The molecule has 0 spiro atoms. The fourth-order valence-corrected chi connectivity index (χ4v) is 1.81. The molecule has 0 N–H and O–H groups in total. The largest absolute Gasteiger partial charge is 0.478 e. The predicted octanol–water partition coefficient (Wildman–Crippen LogP) is 3.28. The number of esters is 1. The summed E-state index contributed by atoms with van der Waals surface area (Å²) in [4.78, 5) is 11.9. The molecule has 1 aromatic carbocycles. The van der Waals surface area contributed by atoms with Gasteiger partial charge in [0.25, 0.3) is 0 Å². The minimum atomic E-state index is -0.695. The Morgan fingerprint density at radius 2 is 1.75 bits per heavy atom. The summed E-state index contributed by atoms with van der Waals surface area (Å²) in [6.07, 6.45) is -0.695. The van der Waals surface area contributed by atoms with E-state index in [4.69, 9.17) is 14.7 Å². The maximum absolute atomic E-state index is 11.9. The monoisotopic (exact) mass is 275 g/mol. The van der Waals surface area contributed by atoms with Crippen LogP contribution in [0.1, 0.15) is 44.4 Å². The van der Waals surface area contributed by atoms with Crippen LogP contribution in [0.3, 0.4) is 0 Å². The number of carbonyl (C=O) groups is 1. The highest BCUT2D eigenvalue weighted by molar-refractivity contribution is 5.75. The number of carbonyl (C=O) groups excluding carboxylic acids is 1. The van der Waals surface area contributed by atoms with E-state index in [0.717, 1.165) is 11.1 Å². The van der Waals surface area contributed by atoms with Gasteiger partial charge in [-0.1, -0.05) is 0 Å². The maximum Gasteiger partial charge on any atom is 0.347 e. The molecule has 108 valence electrons. The first-order valence-electron chi connectivity index (χ1n) is 6.55. The van der Waals surface area contributed by atoms with Crippen LogP contribution in [-0.4, -0.2) is 17.7 Å². The number of nitrogens with zero attached hydrogens (tertiary/aromatic N) is 1. The van der Waals surface area contributed by atoms with Gasteiger partial charge in [0.1, 0.15) is 11.4 Å². The Morgan fingerprint density at radius 1 is 1.25 bits per heavy atom. The van der Waals surface area contributed by atoms with Crippen LogP contribution in [0.5, 0.6) is 5.75 Å².